The van der Waals surface area contributed by atoms with E-state index in [0.29, 0.717) is 5.25 Å². The third-order valence-electron chi connectivity index (χ3n) is 2.15. The Hall–Kier alpha value is -0.310. The van der Waals surface area contributed by atoms with Gasteiger partial charge in [0.2, 0.25) is 0 Å². The van der Waals surface area contributed by atoms with Crippen LogP contribution >= 0.6 is 0 Å². The number of ether oxygens (including phenoxy) is 1. The normalized spacial score (nSPS) is 28.7. The van der Waals surface area contributed by atoms with E-state index in [4.69, 9.17) is 4.74 Å². The van der Waals surface area contributed by atoms with E-state index < -0.39 is 10.8 Å². The van der Waals surface area contributed by atoms with Crippen molar-refractivity contribution in [2.24, 2.45) is 0 Å². The fraction of sp³-hybridized carbons (Fsp3) is 0.778. The van der Waals surface area contributed by atoms with Crippen LogP contribution in [0.25, 0.3) is 0 Å². The first-order valence-corrected chi connectivity index (χ1v) is 5.82. The average molecular weight is 188 g/mol. The van der Waals surface area contributed by atoms with Gasteiger partial charge in [-0.05, 0) is 25.7 Å². The molecule has 0 bridgehead atoms. The lowest BCUT2D eigenvalue weighted by Crippen LogP contribution is -2.09. The van der Waals surface area contributed by atoms with Gasteiger partial charge in [0.05, 0.1) is 12.9 Å². The second-order valence-corrected chi connectivity index (χ2v) is 4.87. The molecule has 1 fully saturated rings. The van der Waals surface area contributed by atoms with Gasteiger partial charge in [-0.1, -0.05) is 6.58 Å². The van der Waals surface area contributed by atoms with E-state index in [1.807, 2.05) is 0 Å². The zero-order valence-corrected chi connectivity index (χ0v) is 8.15. The van der Waals surface area contributed by atoms with Gasteiger partial charge in [-0.25, -0.2) is 0 Å². The molecule has 3 heteroatoms. The highest BCUT2D eigenvalue weighted by Crippen LogP contribution is 2.20. The molecule has 0 aromatic heterocycles. The van der Waals surface area contributed by atoms with Crippen molar-refractivity contribution in [2.75, 3.05) is 12.4 Å². The van der Waals surface area contributed by atoms with Gasteiger partial charge in [-0.2, -0.15) is 0 Å². The van der Waals surface area contributed by atoms with E-state index in [2.05, 4.69) is 6.58 Å². The number of hydrogen-bond acceptors (Lipinski definition) is 2. The summed E-state index contributed by atoms with van der Waals surface area (Å²) in [6.45, 7) is 4.18. The lowest BCUT2D eigenvalue weighted by Gasteiger charge is -2.06. The second kappa shape index (κ2) is 5.36. The summed E-state index contributed by atoms with van der Waals surface area (Å²) in [6, 6.07) is 0. The molecule has 0 saturated carbocycles. The summed E-state index contributed by atoms with van der Waals surface area (Å²) in [5.74, 6) is 0.910. The van der Waals surface area contributed by atoms with E-state index in [9.17, 15) is 4.21 Å². The molecule has 2 unspecified atom stereocenters. The van der Waals surface area contributed by atoms with Crippen molar-refractivity contribution >= 4 is 10.8 Å². The number of hydrogen-bond donors (Lipinski definition) is 0. The topological polar surface area (TPSA) is 26.3 Å². The van der Waals surface area contributed by atoms with Crippen molar-refractivity contribution in [3.05, 3.63) is 12.8 Å². The third kappa shape index (κ3) is 2.97. The van der Waals surface area contributed by atoms with E-state index in [0.717, 1.165) is 38.0 Å². The molecule has 0 radical (unpaired) electrons. The smallest absolute Gasteiger partial charge is 0.0873 e. The van der Waals surface area contributed by atoms with Gasteiger partial charge >= 0.3 is 0 Å². The summed E-state index contributed by atoms with van der Waals surface area (Å²) in [5, 5.41) is 0.443. The molecule has 0 spiro atoms. The lowest BCUT2D eigenvalue weighted by molar-refractivity contribution is 0.242. The molecule has 70 valence electrons. The minimum atomic E-state index is -0.547. The predicted molar refractivity (Wildman–Crippen MR) is 51.4 cm³/mol. The number of rotatable bonds is 5. The van der Waals surface area contributed by atoms with Gasteiger partial charge < -0.3 is 4.74 Å². The third-order valence-corrected chi connectivity index (χ3v) is 4.06. The Bertz CT molecular complexity index is 168. The lowest BCUT2D eigenvalue weighted by atomic mass is 10.2. The van der Waals surface area contributed by atoms with Crippen LogP contribution < -0.4 is 0 Å². The van der Waals surface area contributed by atoms with Crippen LogP contribution in [-0.2, 0) is 15.5 Å². The first-order chi connectivity index (χ1) is 5.84. The van der Waals surface area contributed by atoms with E-state index in [1.54, 1.807) is 0 Å². The van der Waals surface area contributed by atoms with Crippen molar-refractivity contribution in [2.45, 2.75) is 30.9 Å². The molecule has 2 atom stereocenters. The van der Waals surface area contributed by atoms with Gasteiger partial charge in [0, 0.05) is 21.8 Å². The Morgan fingerprint density at radius 1 is 1.67 bits per heavy atom. The van der Waals surface area contributed by atoms with Crippen LogP contribution in [0, 0.1) is 0 Å². The Kier molecular flexibility index (Phi) is 4.36. The Morgan fingerprint density at radius 3 is 3.08 bits per heavy atom. The monoisotopic (exact) mass is 188 g/mol. The van der Waals surface area contributed by atoms with Crippen LogP contribution in [0.4, 0.5) is 0 Å². The summed E-state index contributed by atoms with van der Waals surface area (Å²) in [4.78, 5) is 0. The average Bonchev–Trinajstić information content (AvgIpc) is 2.46. The van der Waals surface area contributed by atoms with Gasteiger partial charge in [0.25, 0.3) is 0 Å². The minimum absolute atomic E-state index is 0.443. The van der Waals surface area contributed by atoms with E-state index >= 15 is 0 Å². The maximum Gasteiger partial charge on any atom is 0.0873 e. The Labute approximate surface area is 76.5 Å². The molecule has 12 heavy (non-hydrogen) atoms. The van der Waals surface area contributed by atoms with Gasteiger partial charge in [0.15, 0.2) is 0 Å². The van der Waals surface area contributed by atoms with Crippen molar-refractivity contribution in [3.8, 4) is 0 Å². The molecule has 1 rings (SSSR count). The molecule has 2 nitrogen and oxygen atoms in total. The molecule has 1 aliphatic rings. The quantitative estimate of drug-likeness (QED) is 0.486. The standard InChI is InChI=1S/C9H16O2S/c1-2-11-7-3-5-9-6-4-8-12(9)10/h2,9H,1,3-8H2. The summed E-state index contributed by atoms with van der Waals surface area (Å²) < 4.78 is 16.3. The van der Waals surface area contributed by atoms with Crippen molar-refractivity contribution < 1.29 is 8.95 Å². The predicted octanol–water partition coefficient (Wildman–Crippen LogP) is 1.84. The molecule has 0 amide bonds. The highest BCUT2D eigenvalue weighted by molar-refractivity contribution is 7.85. The minimum Gasteiger partial charge on any atom is -0.502 e. The summed E-state index contributed by atoms with van der Waals surface area (Å²) in [7, 11) is -0.547. The summed E-state index contributed by atoms with van der Waals surface area (Å²) in [6.07, 6.45) is 5.79. The molecule has 1 aliphatic heterocycles. The molecular weight excluding hydrogens is 172 g/mol. The van der Waals surface area contributed by atoms with E-state index in [-0.39, 0.29) is 0 Å². The molecular formula is C9H16O2S. The molecule has 1 heterocycles. The molecule has 1 saturated heterocycles. The zero-order valence-electron chi connectivity index (χ0n) is 7.33. The van der Waals surface area contributed by atoms with Crippen molar-refractivity contribution in [1.82, 2.24) is 0 Å². The van der Waals surface area contributed by atoms with Crippen LogP contribution in [0.5, 0.6) is 0 Å². The van der Waals surface area contributed by atoms with Crippen LogP contribution in [0.1, 0.15) is 25.7 Å². The fourth-order valence-electron chi connectivity index (χ4n) is 1.50. The molecule has 0 aromatic carbocycles. The zero-order chi connectivity index (χ0) is 8.81. The molecule has 0 aliphatic carbocycles. The summed E-state index contributed by atoms with van der Waals surface area (Å²) in [5.41, 5.74) is 0. The van der Waals surface area contributed by atoms with Gasteiger partial charge in [-0.15, -0.1) is 0 Å². The Morgan fingerprint density at radius 2 is 2.50 bits per heavy atom. The SMILES string of the molecule is C=COCCCC1CCCS1=O. The van der Waals surface area contributed by atoms with Gasteiger partial charge in [-0.3, -0.25) is 4.21 Å². The van der Waals surface area contributed by atoms with Crippen LogP contribution in [0.3, 0.4) is 0 Å². The van der Waals surface area contributed by atoms with Gasteiger partial charge in [0.1, 0.15) is 0 Å². The first kappa shape index (κ1) is 9.78. The second-order valence-electron chi connectivity index (χ2n) is 3.03. The summed E-state index contributed by atoms with van der Waals surface area (Å²) >= 11 is 0. The van der Waals surface area contributed by atoms with Crippen LogP contribution in [-0.4, -0.2) is 21.8 Å². The first-order valence-electron chi connectivity index (χ1n) is 4.44. The van der Waals surface area contributed by atoms with Crippen molar-refractivity contribution in [3.63, 3.8) is 0 Å². The maximum absolute atomic E-state index is 11.3. The highest BCUT2D eigenvalue weighted by Gasteiger charge is 2.21. The van der Waals surface area contributed by atoms with Crippen LogP contribution in [0.15, 0.2) is 12.8 Å². The highest BCUT2D eigenvalue weighted by atomic mass is 32.2. The van der Waals surface area contributed by atoms with Crippen LogP contribution in [0.2, 0.25) is 0 Å². The van der Waals surface area contributed by atoms with E-state index in [1.165, 1.54) is 6.26 Å². The molecule has 0 N–H and O–H groups in total. The molecule has 0 aromatic rings. The Balaban J connectivity index is 2.06. The maximum atomic E-state index is 11.3. The van der Waals surface area contributed by atoms with Crippen molar-refractivity contribution in [1.29, 1.82) is 0 Å². The fourth-order valence-corrected chi connectivity index (χ4v) is 3.15. The largest absolute Gasteiger partial charge is 0.502 e.